The van der Waals surface area contributed by atoms with E-state index in [1.165, 1.54) is 0 Å². The van der Waals surface area contributed by atoms with Crippen molar-refractivity contribution in [1.29, 1.82) is 0 Å². The third kappa shape index (κ3) is 3.78. The van der Waals surface area contributed by atoms with Crippen molar-refractivity contribution in [2.24, 2.45) is 0 Å². The number of aliphatic hydroxyl groups is 1. The molecule has 0 spiro atoms. The molecule has 0 amide bonds. The summed E-state index contributed by atoms with van der Waals surface area (Å²) in [6.07, 6.45) is 0.104. The third-order valence-electron chi connectivity index (χ3n) is 3.07. The van der Waals surface area contributed by atoms with Crippen LogP contribution in [0.1, 0.15) is 18.3 Å². The van der Waals surface area contributed by atoms with Gasteiger partial charge >= 0.3 is 0 Å². The number of rotatable bonds is 6. The van der Waals surface area contributed by atoms with Crippen molar-refractivity contribution >= 4 is 23.4 Å². The molecule has 0 aliphatic heterocycles. The van der Waals surface area contributed by atoms with Crippen molar-refractivity contribution in [3.05, 3.63) is 46.7 Å². The Balaban J connectivity index is 1.96. The molecule has 0 bridgehead atoms. The van der Waals surface area contributed by atoms with E-state index < -0.39 is 6.10 Å². The second-order valence-corrected chi connectivity index (χ2v) is 6.12. The summed E-state index contributed by atoms with van der Waals surface area (Å²) in [5, 5.41) is 15.2. The molecule has 0 aliphatic carbocycles. The predicted octanol–water partition coefficient (Wildman–Crippen LogP) is 3.56. The van der Waals surface area contributed by atoms with Crippen LogP contribution in [-0.2, 0) is 13.0 Å². The van der Waals surface area contributed by atoms with Crippen molar-refractivity contribution < 1.29 is 5.11 Å². The summed E-state index contributed by atoms with van der Waals surface area (Å²) in [5.74, 6) is 0.647. The first-order valence-electron chi connectivity index (χ1n) is 6.69. The Morgan fingerprint density at radius 2 is 2.05 bits per heavy atom. The number of halogens is 1. The Kier molecular flexibility index (Phi) is 5.52. The van der Waals surface area contributed by atoms with Gasteiger partial charge in [0.05, 0.1) is 22.5 Å². The quantitative estimate of drug-likeness (QED) is 0.829. The van der Waals surface area contributed by atoms with Gasteiger partial charge in [-0.25, -0.2) is 0 Å². The zero-order valence-electron chi connectivity index (χ0n) is 11.7. The van der Waals surface area contributed by atoms with Crippen molar-refractivity contribution in [1.82, 2.24) is 9.78 Å². The molecule has 2 aromatic rings. The van der Waals surface area contributed by atoms with E-state index in [9.17, 15) is 5.11 Å². The summed E-state index contributed by atoms with van der Waals surface area (Å²) < 4.78 is 1.87. The number of aliphatic hydroxyl groups excluding tert-OH is 1. The summed E-state index contributed by atoms with van der Waals surface area (Å²) in [5.41, 5.74) is 1.75. The van der Waals surface area contributed by atoms with E-state index in [0.717, 1.165) is 22.8 Å². The first-order chi connectivity index (χ1) is 9.61. The highest BCUT2D eigenvalue weighted by molar-refractivity contribution is 7.99. The summed E-state index contributed by atoms with van der Waals surface area (Å²) in [4.78, 5) is 1.16. The highest BCUT2D eigenvalue weighted by Crippen LogP contribution is 2.24. The molecule has 2 rings (SSSR count). The minimum Gasteiger partial charge on any atom is -0.392 e. The van der Waals surface area contributed by atoms with Crippen LogP contribution in [0.4, 0.5) is 0 Å². The van der Waals surface area contributed by atoms with Gasteiger partial charge in [0.2, 0.25) is 0 Å². The molecule has 0 fully saturated rings. The zero-order valence-corrected chi connectivity index (χ0v) is 13.3. The predicted molar refractivity (Wildman–Crippen MR) is 84.5 cm³/mol. The smallest absolute Gasteiger partial charge is 0.0848 e. The monoisotopic (exact) mass is 310 g/mol. The van der Waals surface area contributed by atoms with Crippen LogP contribution in [0.25, 0.3) is 0 Å². The van der Waals surface area contributed by atoms with Crippen molar-refractivity contribution in [2.45, 2.75) is 37.8 Å². The highest BCUT2D eigenvalue weighted by atomic mass is 35.5. The Labute approximate surface area is 129 Å². The topological polar surface area (TPSA) is 38.0 Å². The molecule has 1 aromatic heterocycles. The number of hydrogen-bond donors (Lipinski definition) is 1. The average molecular weight is 311 g/mol. The van der Waals surface area contributed by atoms with Gasteiger partial charge in [0.1, 0.15) is 0 Å². The number of aryl methyl sites for hydroxylation is 2. The molecule has 20 heavy (non-hydrogen) atoms. The first-order valence-corrected chi connectivity index (χ1v) is 8.05. The Morgan fingerprint density at radius 3 is 2.70 bits per heavy atom. The van der Waals surface area contributed by atoms with Gasteiger partial charge in [-0.05, 0) is 26.0 Å². The van der Waals surface area contributed by atoms with Crippen molar-refractivity contribution in [3.63, 3.8) is 0 Å². The fourth-order valence-electron chi connectivity index (χ4n) is 2.06. The molecule has 1 unspecified atom stereocenters. The van der Waals surface area contributed by atoms with Crippen LogP contribution in [0, 0.1) is 6.92 Å². The lowest BCUT2D eigenvalue weighted by Crippen LogP contribution is -2.17. The summed E-state index contributed by atoms with van der Waals surface area (Å²) in [6.45, 7) is 4.68. The largest absolute Gasteiger partial charge is 0.392 e. The van der Waals surface area contributed by atoms with Gasteiger partial charge in [0.25, 0.3) is 0 Å². The van der Waals surface area contributed by atoms with Crippen molar-refractivity contribution in [2.75, 3.05) is 5.75 Å². The SMILES string of the molecule is CCn1nc(C)c(Cl)c1CC(O)CSc1ccccc1. The molecular formula is C15H19ClN2OS. The summed E-state index contributed by atoms with van der Waals surface area (Å²) >= 11 is 7.90. The molecular weight excluding hydrogens is 292 g/mol. The number of thioether (sulfide) groups is 1. The lowest BCUT2D eigenvalue weighted by atomic mass is 10.2. The second-order valence-electron chi connectivity index (χ2n) is 4.64. The fraction of sp³-hybridized carbons (Fsp3) is 0.400. The zero-order chi connectivity index (χ0) is 14.5. The first kappa shape index (κ1) is 15.4. The van der Waals surface area contributed by atoms with Gasteiger partial charge in [-0.1, -0.05) is 29.8 Å². The standard InChI is InChI=1S/C15H19ClN2OS/c1-3-18-14(15(16)11(2)17-18)9-12(19)10-20-13-7-5-4-6-8-13/h4-8,12,19H,3,9-10H2,1-2H3. The lowest BCUT2D eigenvalue weighted by molar-refractivity contribution is 0.197. The van der Waals surface area contributed by atoms with Crippen LogP contribution in [0.15, 0.2) is 35.2 Å². The molecule has 1 heterocycles. The Bertz CT molecular complexity index is 557. The van der Waals surface area contributed by atoms with E-state index >= 15 is 0 Å². The highest BCUT2D eigenvalue weighted by Gasteiger charge is 2.16. The Hall–Kier alpha value is -0.970. The summed E-state index contributed by atoms with van der Waals surface area (Å²) in [6, 6.07) is 10.1. The molecule has 3 nitrogen and oxygen atoms in total. The maximum Gasteiger partial charge on any atom is 0.0848 e. The van der Waals surface area contributed by atoms with Crippen LogP contribution < -0.4 is 0 Å². The van der Waals surface area contributed by atoms with Crippen molar-refractivity contribution in [3.8, 4) is 0 Å². The van der Waals surface area contributed by atoms with E-state index in [0.29, 0.717) is 17.2 Å². The van der Waals surface area contributed by atoms with Gasteiger partial charge in [0.15, 0.2) is 0 Å². The molecule has 0 radical (unpaired) electrons. The normalized spacial score (nSPS) is 12.6. The van der Waals surface area contributed by atoms with Gasteiger partial charge in [-0.3, -0.25) is 4.68 Å². The second kappa shape index (κ2) is 7.16. The molecule has 1 aromatic carbocycles. The molecule has 1 atom stereocenters. The van der Waals surface area contributed by atoms with Crippen LogP contribution in [0.3, 0.4) is 0 Å². The molecule has 5 heteroatoms. The number of hydrogen-bond acceptors (Lipinski definition) is 3. The van der Waals surface area contributed by atoms with E-state index in [1.54, 1.807) is 11.8 Å². The summed E-state index contributed by atoms with van der Waals surface area (Å²) in [7, 11) is 0. The minimum absolute atomic E-state index is 0.431. The maximum absolute atomic E-state index is 10.2. The molecule has 108 valence electrons. The third-order valence-corrected chi connectivity index (χ3v) is 4.72. The number of benzene rings is 1. The van der Waals surface area contributed by atoms with Crippen LogP contribution in [-0.4, -0.2) is 26.7 Å². The molecule has 0 saturated carbocycles. The van der Waals surface area contributed by atoms with E-state index in [2.05, 4.69) is 5.10 Å². The number of aromatic nitrogens is 2. The van der Waals surface area contributed by atoms with Crippen LogP contribution >= 0.6 is 23.4 Å². The number of nitrogens with zero attached hydrogens (tertiary/aromatic N) is 2. The van der Waals surface area contributed by atoms with Gasteiger partial charge in [-0.2, -0.15) is 5.10 Å². The van der Waals surface area contributed by atoms with E-state index in [4.69, 9.17) is 11.6 Å². The Morgan fingerprint density at radius 1 is 1.35 bits per heavy atom. The molecule has 1 N–H and O–H groups in total. The van der Waals surface area contributed by atoms with E-state index in [1.807, 2.05) is 48.9 Å². The maximum atomic E-state index is 10.2. The lowest BCUT2D eigenvalue weighted by Gasteiger charge is -2.12. The average Bonchev–Trinajstić information content (AvgIpc) is 2.74. The van der Waals surface area contributed by atoms with Gasteiger partial charge in [0, 0.05) is 23.6 Å². The molecule has 0 saturated heterocycles. The fourth-order valence-corrected chi connectivity index (χ4v) is 3.12. The molecule has 0 aliphatic rings. The van der Waals surface area contributed by atoms with E-state index in [-0.39, 0.29) is 0 Å². The minimum atomic E-state index is -0.431. The van der Waals surface area contributed by atoms with Gasteiger partial charge < -0.3 is 5.11 Å². The van der Waals surface area contributed by atoms with Crippen LogP contribution in [0.5, 0.6) is 0 Å². The van der Waals surface area contributed by atoms with Gasteiger partial charge in [-0.15, -0.1) is 11.8 Å². The van der Waals surface area contributed by atoms with Crippen LogP contribution in [0.2, 0.25) is 5.02 Å².